The van der Waals surface area contributed by atoms with Gasteiger partial charge in [-0.05, 0) is 29.7 Å². The Labute approximate surface area is 106 Å². The third-order valence-electron chi connectivity index (χ3n) is 2.60. The molecule has 1 aliphatic heterocycles. The highest BCUT2D eigenvalue weighted by atomic mass is 35.5. The summed E-state index contributed by atoms with van der Waals surface area (Å²) in [7, 11) is 1.39. The number of halogens is 2. The molecule has 0 amide bonds. The first-order chi connectivity index (χ1) is 7.22. The van der Waals surface area contributed by atoms with Crippen molar-refractivity contribution in [1.82, 2.24) is 5.32 Å². The van der Waals surface area contributed by atoms with Crippen LogP contribution in [0.25, 0.3) is 0 Å². The molecule has 0 aliphatic carbocycles. The zero-order valence-electron chi connectivity index (χ0n) is 8.83. The molecule has 1 heterocycles. The first-order valence-corrected chi connectivity index (χ1v) is 5.19. The van der Waals surface area contributed by atoms with E-state index in [9.17, 15) is 4.79 Å². The lowest BCUT2D eigenvalue weighted by Crippen LogP contribution is -2.35. The van der Waals surface area contributed by atoms with Crippen LogP contribution in [0.15, 0.2) is 18.2 Å². The summed E-state index contributed by atoms with van der Waals surface area (Å²) in [6.45, 7) is 0.786. The van der Waals surface area contributed by atoms with E-state index in [0.717, 1.165) is 24.1 Å². The molecule has 0 saturated carbocycles. The normalized spacial score (nSPS) is 18.2. The van der Waals surface area contributed by atoms with E-state index in [-0.39, 0.29) is 24.4 Å². The van der Waals surface area contributed by atoms with Crippen molar-refractivity contribution in [3.63, 3.8) is 0 Å². The van der Waals surface area contributed by atoms with Crippen molar-refractivity contribution in [1.29, 1.82) is 0 Å². The van der Waals surface area contributed by atoms with E-state index < -0.39 is 0 Å². The molecule has 88 valence electrons. The van der Waals surface area contributed by atoms with Crippen molar-refractivity contribution < 1.29 is 9.53 Å². The number of hydrogen-bond donors (Lipinski definition) is 1. The molecule has 0 fully saturated rings. The number of hydrogen-bond acceptors (Lipinski definition) is 3. The van der Waals surface area contributed by atoms with Crippen LogP contribution in [0, 0.1) is 0 Å². The number of methoxy groups -OCH3 is 1. The minimum absolute atomic E-state index is 0. The van der Waals surface area contributed by atoms with Crippen LogP contribution in [0.5, 0.6) is 0 Å². The molecule has 1 aromatic carbocycles. The summed E-state index contributed by atoms with van der Waals surface area (Å²) >= 11 is 5.91. The summed E-state index contributed by atoms with van der Waals surface area (Å²) in [5.41, 5.74) is 2.09. The number of rotatable bonds is 1. The summed E-state index contributed by atoms with van der Waals surface area (Å²) in [6.07, 6.45) is 0.917. The highest BCUT2D eigenvalue weighted by molar-refractivity contribution is 6.30. The highest BCUT2D eigenvalue weighted by Gasteiger charge is 2.26. The molecule has 1 aliphatic rings. The molecule has 2 rings (SSSR count). The van der Waals surface area contributed by atoms with Gasteiger partial charge in [0.1, 0.15) is 6.04 Å². The average Bonchev–Trinajstić information content (AvgIpc) is 2.27. The van der Waals surface area contributed by atoms with Gasteiger partial charge in [0, 0.05) is 11.6 Å². The van der Waals surface area contributed by atoms with E-state index in [1.165, 1.54) is 7.11 Å². The van der Waals surface area contributed by atoms with Crippen molar-refractivity contribution in [2.75, 3.05) is 13.7 Å². The molecule has 1 N–H and O–H groups in total. The van der Waals surface area contributed by atoms with Crippen LogP contribution in [0.1, 0.15) is 17.2 Å². The molecule has 3 nitrogen and oxygen atoms in total. The summed E-state index contributed by atoms with van der Waals surface area (Å²) in [4.78, 5) is 11.5. The molecule has 0 spiro atoms. The van der Waals surface area contributed by atoms with Crippen molar-refractivity contribution in [3.8, 4) is 0 Å². The van der Waals surface area contributed by atoms with Crippen LogP contribution < -0.4 is 5.32 Å². The minimum Gasteiger partial charge on any atom is -0.468 e. The predicted molar refractivity (Wildman–Crippen MR) is 65.2 cm³/mol. The fraction of sp³-hybridized carbons (Fsp3) is 0.364. The number of benzene rings is 1. The Morgan fingerprint density at radius 1 is 1.56 bits per heavy atom. The van der Waals surface area contributed by atoms with E-state index in [0.29, 0.717) is 5.02 Å². The number of carbonyl (C=O) groups is 1. The highest BCUT2D eigenvalue weighted by Crippen LogP contribution is 2.26. The molecule has 1 aromatic rings. The maximum Gasteiger partial charge on any atom is 0.327 e. The third kappa shape index (κ3) is 2.48. The summed E-state index contributed by atoms with van der Waals surface area (Å²) in [5, 5.41) is 3.76. The maximum atomic E-state index is 11.5. The number of fused-ring (bicyclic) bond motifs is 1. The quantitative estimate of drug-likeness (QED) is 0.788. The Hall–Kier alpha value is -0.770. The summed E-state index contributed by atoms with van der Waals surface area (Å²) in [6, 6.07) is 5.26. The van der Waals surface area contributed by atoms with Gasteiger partial charge in [-0.25, -0.2) is 4.79 Å². The van der Waals surface area contributed by atoms with Gasteiger partial charge in [0.15, 0.2) is 0 Å². The number of carbonyl (C=O) groups excluding carboxylic acids is 1. The Kier molecular flexibility index (Phi) is 4.59. The van der Waals surface area contributed by atoms with E-state index in [4.69, 9.17) is 16.3 Å². The van der Waals surface area contributed by atoms with Gasteiger partial charge in [0.25, 0.3) is 0 Å². The number of nitrogens with one attached hydrogen (secondary N) is 1. The first-order valence-electron chi connectivity index (χ1n) is 4.82. The van der Waals surface area contributed by atoms with E-state index >= 15 is 0 Å². The smallest absolute Gasteiger partial charge is 0.327 e. The van der Waals surface area contributed by atoms with Gasteiger partial charge in [-0.15, -0.1) is 12.4 Å². The zero-order valence-corrected chi connectivity index (χ0v) is 10.4. The lowest BCUT2D eigenvalue weighted by atomic mass is 9.94. The molecule has 1 atom stereocenters. The molecule has 16 heavy (non-hydrogen) atoms. The second kappa shape index (κ2) is 5.53. The van der Waals surface area contributed by atoms with Crippen molar-refractivity contribution in [2.45, 2.75) is 12.5 Å². The van der Waals surface area contributed by atoms with Gasteiger partial charge in [-0.3, -0.25) is 0 Å². The number of esters is 1. The average molecular weight is 262 g/mol. The van der Waals surface area contributed by atoms with Crippen LogP contribution in [-0.2, 0) is 16.0 Å². The Balaban J connectivity index is 0.00000128. The molecule has 0 saturated heterocycles. The minimum atomic E-state index is -0.377. The molecule has 5 heteroatoms. The largest absolute Gasteiger partial charge is 0.468 e. The van der Waals surface area contributed by atoms with Crippen LogP contribution in [0.4, 0.5) is 0 Å². The van der Waals surface area contributed by atoms with Gasteiger partial charge in [-0.1, -0.05) is 17.7 Å². The molecular weight excluding hydrogens is 249 g/mol. The fourth-order valence-corrected chi connectivity index (χ4v) is 2.03. The number of ether oxygens (including phenoxy) is 1. The van der Waals surface area contributed by atoms with Crippen LogP contribution in [0.3, 0.4) is 0 Å². The Bertz CT molecular complexity index is 396. The van der Waals surface area contributed by atoms with Gasteiger partial charge in [-0.2, -0.15) is 0 Å². The summed E-state index contributed by atoms with van der Waals surface area (Å²) in [5.74, 6) is -0.266. The second-order valence-electron chi connectivity index (χ2n) is 3.50. The standard InChI is InChI=1S/C11H12ClNO2.ClH/c1-15-11(14)10-9-6-8(12)3-2-7(9)4-5-13-10;/h2-3,6,10,13H,4-5H2,1H3;1H/t10-;/m0./s1. The molecular formula is C11H13Cl2NO2. The lowest BCUT2D eigenvalue weighted by molar-refractivity contribution is -0.143. The third-order valence-corrected chi connectivity index (χ3v) is 2.83. The molecule has 0 bridgehead atoms. The van der Waals surface area contributed by atoms with Gasteiger partial charge < -0.3 is 10.1 Å². The predicted octanol–water partition coefficient (Wildman–Crippen LogP) is 2.12. The van der Waals surface area contributed by atoms with Crippen LogP contribution in [0.2, 0.25) is 5.02 Å². The monoisotopic (exact) mass is 261 g/mol. The molecule has 0 aromatic heterocycles. The second-order valence-corrected chi connectivity index (χ2v) is 3.94. The van der Waals surface area contributed by atoms with E-state index in [2.05, 4.69) is 5.32 Å². The Morgan fingerprint density at radius 3 is 3.00 bits per heavy atom. The summed E-state index contributed by atoms with van der Waals surface area (Å²) < 4.78 is 4.74. The van der Waals surface area contributed by atoms with E-state index in [1.807, 2.05) is 18.2 Å². The first kappa shape index (κ1) is 13.3. The van der Waals surface area contributed by atoms with Crippen LogP contribution >= 0.6 is 24.0 Å². The lowest BCUT2D eigenvalue weighted by Gasteiger charge is -2.24. The van der Waals surface area contributed by atoms with E-state index in [1.54, 1.807) is 0 Å². The fourth-order valence-electron chi connectivity index (χ4n) is 1.85. The molecule has 0 radical (unpaired) electrons. The maximum absolute atomic E-state index is 11.5. The van der Waals surface area contributed by atoms with Crippen molar-refractivity contribution in [3.05, 3.63) is 34.3 Å². The van der Waals surface area contributed by atoms with Crippen molar-refractivity contribution in [2.24, 2.45) is 0 Å². The van der Waals surface area contributed by atoms with Crippen LogP contribution in [-0.4, -0.2) is 19.6 Å². The SMILES string of the molecule is COC(=O)[C@H]1NCCc2ccc(Cl)cc21.Cl. The van der Waals surface area contributed by atoms with Gasteiger partial charge >= 0.3 is 5.97 Å². The van der Waals surface area contributed by atoms with Crippen molar-refractivity contribution >= 4 is 30.0 Å². The molecule has 0 unspecified atom stereocenters. The van der Waals surface area contributed by atoms with Gasteiger partial charge in [0.2, 0.25) is 0 Å². The van der Waals surface area contributed by atoms with Gasteiger partial charge in [0.05, 0.1) is 7.11 Å². The zero-order chi connectivity index (χ0) is 10.8. The Morgan fingerprint density at radius 2 is 2.31 bits per heavy atom. The topological polar surface area (TPSA) is 38.3 Å².